The van der Waals surface area contributed by atoms with Gasteiger partial charge in [0.15, 0.2) is 9.84 Å². The van der Waals surface area contributed by atoms with E-state index in [2.05, 4.69) is 5.32 Å². The van der Waals surface area contributed by atoms with Gasteiger partial charge < -0.3 is 26.2 Å². The molecule has 49 heavy (non-hydrogen) atoms. The lowest BCUT2D eigenvalue weighted by molar-refractivity contribution is -0.145. The van der Waals surface area contributed by atoms with E-state index in [1.165, 1.54) is 19.2 Å². The number of Topliss-reactive ketones (excluding diaryl/α,β-unsaturated/α-hetero) is 1. The zero-order valence-electron chi connectivity index (χ0n) is 63.0. The molecule has 278 valence electrons. The van der Waals surface area contributed by atoms with Gasteiger partial charge in [-0.3, -0.25) is 19.2 Å². The van der Waals surface area contributed by atoms with Crippen molar-refractivity contribution >= 4 is 39.4 Å². The van der Waals surface area contributed by atoms with Crippen molar-refractivity contribution in [3.63, 3.8) is 0 Å². The first-order valence-corrected chi connectivity index (χ1v) is 16.2. The van der Waals surface area contributed by atoms with Crippen molar-refractivity contribution in [2.75, 3.05) is 12.3 Å². The van der Waals surface area contributed by atoms with E-state index in [0.717, 1.165) is 5.32 Å². The predicted molar refractivity (Wildman–Crippen MR) is 188 cm³/mol. The number of sulfone groups is 1. The van der Waals surface area contributed by atoms with E-state index in [4.69, 9.17) is 50.7 Å². The van der Waals surface area contributed by atoms with E-state index in [1.807, 2.05) is 0 Å². The smallest absolute Gasteiger partial charge is 0.315 e. The van der Waals surface area contributed by atoms with Crippen LogP contribution in [0.15, 0.2) is 0 Å². The Morgan fingerprint density at radius 1 is 1.00 bits per heavy atom. The van der Waals surface area contributed by atoms with Crippen LogP contribution in [0.5, 0.6) is 0 Å². The first-order valence-electron chi connectivity index (χ1n) is 33.0. The van der Waals surface area contributed by atoms with Gasteiger partial charge in [0, 0.05) is 63.3 Å². The molecule has 12 nitrogen and oxygen atoms in total. The Morgan fingerprint density at radius 2 is 1.67 bits per heavy atom. The second kappa shape index (κ2) is 14.1. The lowest BCUT2D eigenvalue weighted by Crippen LogP contribution is -2.64. The summed E-state index contributed by atoms with van der Waals surface area (Å²) in [5, 5.41) is 5.99. The number of ketones is 1. The van der Waals surface area contributed by atoms with Crippen LogP contribution >= 0.6 is 0 Å². The zero-order valence-corrected chi connectivity index (χ0v) is 26.8. The Hall–Kier alpha value is -2.70. The molecule has 0 aromatic rings. The molecule has 3 saturated carbocycles. The van der Waals surface area contributed by atoms with Gasteiger partial charge in [0.1, 0.15) is 12.1 Å². The molecule has 0 bridgehead atoms. The number of likely N-dealkylation sites (tertiary alicyclic amines) is 1. The number of amides is 5. The minimum absolute atomic E-state index is 0.0546. The molecule has 1 heterocycles. The fourth-order valence-electron chi connectivity index (χ4n) is 5.72. The quantitative estimate of drug-likeness (QED) is 0.209. The van der Waals surface area contributed by atoms with Gasteiger partial charge in [-0.1, -0.05) is 73.1 Å². The molecular formula is C36H61N5O7S. The van der Waals surface area contributed by atoms with E-state index < -0.39 is 208 Å². The van der Waals surface area contributed by atoms with Crippen LogP contribution in [0, 0.1) is 22.7 Å². The summed E-state index contributed by atoms with van der Waals surface area (Å²) in [6.45, 7) is -31.6. The average Bonchev–Trinajstić information content (AvgIpc) is 0.808. The zero-order chi connectivity index (χ0) is 68.6. The third-order valence-corrected chi connectivity index (χ3v) is 10.3. The molecule has 0 unspecified atom stereocenters. The van der Waals surface area contributed by atoms with Crippen molar-refractivity contribution in [3.8, 4) is 0 Å². The predicted octanol–water partition coefficient (Wildman–Crippen LogP) is 3.62. The fourth-order valence-corrected chi connectivity index (χ4v) is 6.72. The van der Waals surface area contributed by atoms with Gasteiger partial charge in [-0.2, -0.15) is 0 Å². The standard InChI is InChI=1S/C36H61N5O7S/c1-10-11-15-24(27(42)30(44)37-22-16-17-22)38-29(43)26-25-23(35(25,8)9)20-41(26)31(45)28(33(2,3)4)39-32(46)40-36(18-13-12-14-19-36)21-49(47,48)34(5,6)7/h22-26,28H,10-21H2,1-9H3,(H,37,44)(H,38,43)(H2,39,40,46)/t23-,24-,25-,26-,28+/m0/s1/i1D3,2D3,3D3,4D3,5D3,6D3,7D3,10D2,11D2,12D2,13D2,14D2,15D2,18D2,19D2. The molecule has 5 amide bonds. The molecule has 4 fully saturated rings. The minimum Gasteiger partial charge on any atom is -0.347 e. The summed E-state index contributed by atoms with van der Waals surface area (Å²) >= 11 is 0. The fraction of sp³-hybridized carbons (Fsp3) is 0.861. The number of carbonyl (C=O) groups is 5. The van der Waals surface area contributed by atoms with Crippen molar-refractivity contribution in [1.29, 1.82) is 0 Å². The molecule has 1 aliphatic heterocycles. The average molecular weight is 745 g/mol. The van der Waals surface area contributed by atoms with Crippen molar-refractivity contribution in [2.24, 2.45) is 22.7 Å². The molecule has 3 aliphatic carbocycles. The second-order valence-electron chi connectivity index (χ2n) is 12.6. The summed E-state index contributed by atoms with van der Waals surface area (Å²) in [5.41, 5.74) is -11.4. The van der Waals surface area contributed by atoms with Crippen molar-refractivity contribution in [1.82, 2.24) is 26.2 Å². The molecular weight excluding hydrogens is 646 g/mol. The molecule has 0 aromatic carbocycles. The Morgan fingerprint density at radius 3 is 2.27 bits per heavy atom. The third kappa shape index (κ3) is 8.79. The van der Waals surface area contributed by atoms with Gasteiger partial charge in [0.25, 0.3) is 5.91 Å². The van der Waals surface area contributed by atoms with Crippen LogP contribution < -0.4 is 21.3 Å². The van der Waals surface area contributed by atoms with Gasteiger partial charge in [0.05, 0.1) is 22.1 Å². The number of nitrogens with one attached hydrogen (secondary N) is 4. The van der Waals surface area contributed by atoms with Crippen LogP contribution in [-0.4, -0.2) is 89.6 Å². The first kappa shape index (κ1) is 12.8. The molecule has 4 N–H and O–H groups in total. The van der Waals surface area contributed by atoms with Crippen LogP contribution in [0.2, 0.25) is 0 Å². The van der Waals surface area contributed by atoms with Gasteiger partial charge in [-0.05, 0) is 75.2 Å². The Kier molecular flexibility index (Phi) is 3.68. The highest BCUT2D eigenvalue weighted by Gasteiger charge is 2.70. The summed E-state index contributed by atoms with van der Waals surface area (Å²) in [6, 6.07) is -13.6. The Balaban J connectivity index is 2.16. The molecule has 1 saturated heterocycles. The van der Waals surface area contributed by atoms with Crippen molar-refractivity contribution < 1.29 is 83.1 Å². The van der Waals surface area contributed by atoms with Gasteiger partial charge >= 0.3 is 6.03 Å². The lowest BCUT2D eigenvalue weighted by Gasteiger charge is -2.41. The van der Waals surface area contributed by atoms with Crippen LogP contribution in [0.25, 0.3) is 0 Å². The van der Waals surface area contributed by atoms with Crippen LogP contribution in [-0.2, 0) is 29.0 Å². The van der Waals surface area contributed by atoms with Crippen LogP contribution in [0.1, 0.15) is 176 Å². The SMILES string of the molecule is [2H]C([2H])([2H])C([2H])([2H])C([2H])([2H])C([2H])([2H])[C@H](NC(=O)[C@@H]1[C@@H]2[C@H](CN1C(=O)[C@@H](NC(=O)NC1(CS(=O)(=O)C(C([2H])([2H])[2H])(C([2H])([2H])[2H])C([2H])([2H])[2H])C([2H])([2H])C([2H])([2H])C([2H])([2H])C([2H])([2H])C1([2H])[2H])C(C([2H])([2H])[2H])(C([2H])([2H])[2H])C([2H])([2H])[2H])C2(C)C)C(=O)C(=O)NC1CC1. The highest BCUT2D eigenvalue weighted by atomic mass is 32.2. The highest BCUT2D eigenvalue weighted by molar-refractivity contribution is 7.92. The molecule has 13 heteroatoms. The van der Waals surface area contributed by atoms with E-state index >= 15 is 9.59 Å². The number of nitrogens with zero attached hydrogens (tertiary/aromatic N) is 1. The summed E-state index contributed by atoms with van der Waals surface area (Å²) in [4.78, 5) is 72.9. The largest absolute Gasteiger partial charge is 0.347 e. The summed E-state index contributed by atoms with van der Waals surface area (Å²) < 4.78 is 334. The summed E-state index contributed by atoms with van der Waals surface area (Å²) in [5.74, 6) is -14.3. The normalized spacial score (nSPS) is 44.7. The molecule has 4 aliphatic rings. The Bertz CT molecular complexity index is 2720. The summed E-state index contributed by atoms with van der Waals surface area (Å²) in [6.07, 6.45) is -37.3. The third-order valence-electron chi connectivity index (χ3n) is 8.56. The lowest BCUT2D eigenvalue weighted by atomic mass is 9.83. The maximum Gasteiger partial charge on any atom is 0.315 e. The van der Waals surface area contributed by atoms with E-state index in [0.29, 0.717) is 0 Å². The molecule has 0 aromatic heterocycles. The second-order valence-corrected chi connectivity index (χ2v) is 14.8. The van der Waals surface area contributed by atoms with E-state index in [1.54, 1.807) is 5.32 Å². The van der Waals surface area contributed by atoms with E-state index in [9.17, 15) is 22.8 Å². The number of urea groups is 1. The molecule has 4 rings (SSSR count). The monoisotopic (exact) mass is 745 g/mol. The maximum atomic E-state index is 15.6. The van der Waals surface area contributed by atoms with Crippen LogP contribution in [0.3, 0.4) is 0 Å². The topological polar surface area (TPSA) is 171 Å². The number of carbonyl (C=O) groups excluding carboxylic acids is 5. The van der Waals surface area contributed by atoms with Gasteiger partial charge in [-0.25, -0.2) is 13.2 Å². The number of fused-ring (bicyclic) bond motifs is 1. The highest BCUT2D eigenvalue weighted by Crippen LogP contribution is 2.65. The van der Waals surface area contributed by atoms with E-state index in [-0.39, 0.29) is 17.7 Å². The van der Waals surface area contributed by atoms with Crippen molar-refractivity contribution in [2.45, 2.75) is 160 Å². The number of rotatable bonds is 13. The number of piperidine rings is 1. The number of hydrogen-bond acceptors (Lipinski definition) is 7. The minimum atomic E-state index is -7.29. The molecule has 0 spiro atoms. The Labute approximate surface area is 345 Å². The van der Waals surface area contributed by atoms with Gasteiger partial charge in [0.2, 0.25) is 17.6 Å². The van der Waals surface area contributed by atoms with Crippen molar-refractivity contribution in [3.05, 3.63) is 0 Å². The van der Waals surface area contributed by atoms with Gasteiger partial charge in [-0.15, -0.1) is 0 Å². The summed E-state index contributed by atoms with van der Waals surface area (Å²) in [7, 11) is -7.29. The molecule has 5 atom stereocenters. The maximum absolute atomic E-state index is 15.6. The van der Waals surface area contributed by atoms with Crippen LogP contribution in [0.4, 0.5) is 4.79 Å². The first-order chi connectivity index (χ1) is 37.3. The molecule has 0 radical (unpaired) electrons. The number of hydrogen-bond donors (Lipinski definition) is 4.